The lowest BCUT2D eigenvalue weighted by Gasteiger charge is -2.30. The molecule has 0 bridgehead atoms. The first-order valence-electron chi connectivity index (χ1n) is 10.2. The minimum atomic E-state index is -0.133. The molecule has 0 aromatic heterocycles. The average Bonchev–Trinajstić information content (AvgIpc) is 2.77. The predicted octanol–water partition coefficient (Wildman–Crippen LogP) is 4.56. The smallest absolute Gasteiger partial charge is 0.253 e. The highest BCUT2D eigenvalue weighted by Gasteiger charge is 2.19. The number of amides is 2. The van der Waals surface area contributed by atoms with Crippen molar-refractivity contribution in [2.24, 2.45) is 0 Å². The SMILES string of the molecule is O=C(CCCCl)Nc1ccc(N2CCCCC2)c(C(=O)NCc2ccccc2)c1. The quantitative estimate of drug-likeness (QED) is 0.623. The van der Waals surface area contributed by atoms with Crippen molar-refractivity contribution in [1.29, 1.82) is 0 Å². The molecular weight excluding hydrogens is 386 g/mol. The third-order valence-electron chi connectivity index (χ3n) is 5.06. The van der Waals surface area contributed by atoms with Crippen LogP contribution in [0.1, 0.15) is 48.0 Å². The van der Waals surface area contributed by atoms with Crippen LogP contribution >= 0.6 is 11.6 Å². The lowest BCUT2D eigenvalue weighted by Crippen LogP contribution is -2.32. The number of nitrogens with one attached hydrogen (secondary N) is 2. The molecule has 0 saturated carbocycles. The molecule has 29 heavy (non-hydrogen) atoms. The average molecular weight is 414 g/mol. The summed E-state index contributed by atoms with van der Waals surface area (Å²) in [6, 6.07) is 15.4. The van der Waals surface area contributed by atoms with E-state index >= 15 is 0 Å². The van der Waals surface area contributed by atoms with E-state index in [2.05, 4.69) is 15.5 Å². The number of anilines is 2. The summed E-state index contributed by atoms with van der Waals surface area (Å²) in [6.45, 7) is 2.35. The lowest BCUT2D eigenvalue weighted by molar-refractivity contribution is -0.116. The highest BCUT2D eigenvalue weighted by atomic mass is 35.5. The van der Waals surface area contributed by atoms with E-state index in [0.29, 0.717) is 36.5 Å². The van der Waals surface area contributed by atoms with Gasteiger partial charge in [0.25, 0.3) is 5.91 Å². The number of alkyl halides is 1. The van der Waals surface area contributed by atoms with Gasteiger partial charge >= 0.3 is 0 Å². The topological polar surface area (TPSA) is 61.4 Å². The molecule has 5 nitrogen and oxygen atoms in total. The van der Waals surface area contributed by atoms with Crippen molar-refractivity contribution in [2.45, 2.75) is 38.6 Å². The summed E-state index contributed by atoms with van der Waals surface area (Å²) in [5.41, 5.74) is 3.20. The van der Waals surface area contributed by atoms with E-state index in [4.69, 9.17) is 11.6 Å². The van der Waals surface area contributed by atoms with Crippen LogP contribution in [0.4, 0.5) is 11.4 Å². The molecule has 2 aromatic carbocycles. The van der Waals surface area contributed by atoms with Gasteiger partial charge in [-0.3, -0.25) is 9.59 Å². The van der Waals surface area contributed by atoms with Gasteiger partial charge < -0.3 is 15.5 Å². The van der Waals surface area contributed by atoms with E-state index in [1.54, 1.807) is 6.07 Å². The summed E-state index contributed by atoms with van der Waals surface area (Å²) >= 11 is 5.67. The Hall–Kier alpha value is -2.53. The van der Waals surface area contributed by atoms with Crippen molar-refractivity contribution in [3.8, 4) is 0 Å². The van der Waals surface area contributed by atoms with Crippen LogP contribution in [0.15, 0.2) is 48.5 Å². The molecule has 2 N–H and O–H groups in total. The number of benzene rings is 2. The van der Waals surface area contributed by atoms with Gasteiger partial charge in [0.15, 0.2) is 0 Å². The van der Waals surface area contributed by atoms with Crippen LogP contribution in [-0.2, 0) is 11.3 Å². The van der Waals surface area contributed by atoms with E-state index < -0.39 is 0 Å². The molecule has 2 aromatic rings. The second-order valence-electron chi connectivity index (χ2n) is 7.29. The minimum Gasteiger partial charge on any atom is -0.371 e. The molecule has 0 aliphatic carbocycles. The molecule has 1 saturated heterocycles. The Labute approximate surface area is 177 Å². The third-order valence-corrected chi connectivity index (χ3v) is 5.32. The molecule has 154 valence electrons. The highest BCUT2D eigenvalue weighted by Crippen LogP contribution is 2.27. The Morgan fingerprint density at radius 1 is 1.00 bits per heavy atom. The van der Waals surface area contributed by atoms with Crippen LogP contribution in [0.3, 0.4) is 0 Å². The first-order chi connectivity index (χ1) is 14.2. The van der Waals surface area contributed by atoms with Gasteiger partial charge in [0.05, 0.1) is 5.56 Å². The maximum atomic E-state index is 13.0. The van der Waals surface area contributed by atoms with Gasteiger partial charge in [-0.15, -0.1) is 11.6 Å². The fraction of sp³-hybridized carbons (Fsp3) is 0.391. The summed E-state index contributed by atoms with van der Waals surface area (Å²) in [7, 11) is 0. The largest absolute Gasteiger partial charge is 0.371 e. The zero-order valence-corrected chi connectivity index (χ0v) is 17.4. The fourth-order valence-corrected chi connectivity index (χ4v) is 3.66. The highest BCUT2D eigenvalue weighted by molar-refractivity contribution is 6.18. The van der Waals surface area contributed by atoms with Gasteiger partial charge in [-0.05, 0) is 49.4 Å². The molecule has 0 spiro atoms. The standard InChI is InChI=1S/C23H28ClN3O2/c24-13-7-10-22(28)26-19-11-12-21(27-14-5-2-6-15-27)20(16-19)23(29)25-17-18-8-3-1-4-9-18/h1,3-4,8-9,11-12,16H,2,5-7,10,13-15,17H2,(H,25,29)(H,26,28). The van der Waals surface area contributed by atoms with Gasteiger partial charge in [0.2, 0.25) is 5.91 Å². The number of hydrogen-bond donors (Lipinski definition) is 2. The molecule has 1 heterocycles. The monoisotopic (exact) mass is 413 g/mol. The van der Waals surface area contributed by atoms with Crippen LogP contribution in [-0.4, -0.2) is 30.8 Å². The van der Waals surface area contributed by atoms with Gasteiger partial charge in [-0.25, -0.2) is 0 Å². The van der Waals surface area contributed by atoms with E-state index in [1.165, 1.54) is 6.42 Å². The lowest BCUT2D eigenvalue weighted by atomic mass is 10.1. The Morgan fingerprint density at radius 2 is 1.76 bits per heavy atom. The minimum absolute atomic E-state index is 0.0907. The first-order valence-corrected chi connectivity index (χ1v) is 10.8. The van der Waals surface area contributed by atoms with E-state index in [-0.39, 0.29) is 11.8 Å². The molecule has 1 aliphatic rings. The first kappa shape index (κ1) is 21.2. The Kier molecular flexibility index (Phi) is 7.94. The van der Waals surface area contributed by atoms with Crippen LogP contribution in [0.5, 0.6) is 0 Å². The van der Waals surface area contributed by atoms with E-state index in [0.717, 1.165) is 37.2 Å². The second kappa shape index (κ2) is 10.9. The van der Waals surface area contributed by atoms with Crippen molar-refractivity contribution >= 4 is 34.8 Å². The summed E-state index contributed by atoms with van der Waals surface area (Å²) in [5, 5.41) is 5.89. The van der Waals surface area contributed by atoms with Gasteiger partial charge in [0, 0.05) is 43.3 Å². The summed E-state index contributed by atoms with van der Waals surface area (Å²) in [4.78, 5) is 27.4. The molecule has 1 fully saturated rings. The van der Waals surface area contributed by atoms with Crippen LogP contribution in [0.25, 0.3) is 0 Å². The number of rotatable bonds is 8. The zero-order valence-electron chi connectivity index (χ0n) is 16.6. The van der Waals surface area contributed by atoms with Gasteiger partial charge in [-0.2, -0.15) is 0 Å². The van der Waals surface area contributed by atoms with Crippen molar-refractivity contribution in [3.05, 3.63) is 59.7 Å². The van der Waals surface area contributed by atoms with Gasteiger partial charge in [-0.1, -0.05) is 30.3 Å². The molecule has 2 amide bonds. The van der Waals surface area contributed by atoms with Crippen molar-refractivity contribution < 1.29 is 9.59 Å². The number of carbonyl (C=O) groups excluding carboxylic acids is 2. The van der Waals surface area contributed by atoms with Crippen LogP contribution in [0.2, 0.25) is 0 Å². The number of carbonyl (C=O) groups is 2. The van der Waals surface area contributed by atoms with Crippen molar-refractivity contribution in [2.75, 3.05) is 29.2 Å². The number of piperidine rings is 1. The molecule has 0 radical (unpaired) electrons. The van der Waals surface area contributed by atoms with Crippen molar-refractivity contribution in [1.82, 2.24) is 5.32 Å². The van der Waals surface area contributed by atoms with Crippen molar-refractivity contribution in [3.63, 3.8) is 0 Å². The Morgan fingerprint density at radius 3 is 2.48 bits per heavy atom. The molecule has 3 rings (SSSR count). The predicted molar refractivity (Wildman–Crippen MR) is 119 cm³/mol. The number of nitrogens with zero attached hydrogens (tertiary/aromatic N) is 1. The fourth-order valence-electron chi connectivity index (χ4n) is 3.53. The zero-order chi connectivity index (χ0) is 20.5. The number of halogens is 1. The van der Waals surface area contributed by atoms with E-state index in [9.17, 15) is 9.59 Å². The number of hydrogen-bond acceptors (Lipinski definition) is 3. The van der Waals surface area contributed by atoms with Crippen LogP contribution in [0, 0.1) is 0 Å². The normalized spacial score (nSPS) is 13.8. The van der Waals surface area contributed by atoms with Crippen LogP contribution < -0.4 is 15.5 Å². The summed E-state index contributed by atoms with van der Waals surface area (Å²) in [6.07, 6.45) is 4.47. The molecule has 6 heteroatoms. The summed E-state index contributed by atoms with van der Waals surface area (Å²) < 4.78 is 0. The molecule has 1 aliphatic heterocycles. The second-order valence-corrected chi connectivity index (χ2v) is 7.67. The maximum absolute atomic E-state index is 13.0. The third kappa shape index (κ3) is 6.23. The Bertz CT molecular complexity index is 820. The summed E-state index contributed by atoms with van der Waals surface area (Å²) in [5.74, 6) is 0.229. The van der Waals surface area contributed by atoms with Gasteiger partial charge in [0.1, 0.15) is 0 Å². The maximum Gasteiger partial charge on any atom is 0.253 e. The molecular formula is C23H28ClN3O2. The van der Waals surface area contributed by atoms with E-state index in [1.807, 2.05) is 42.5 Å². The Balaban J connectivity index is 1.78. The molecule has 0 atom stereocenters. The molecule has 0 unspecified atom stereocenters.